The Labute approximate surface area is 140 Å². The van der Waals surface area contributed by atoms with Crippen LogP contribution in [0.1, 0.15) is 5.82 Å². The first-order valence-electron chi connectivity index (χ1n) is 7.13. The van der Waals surface area contributed by atoms with Crippen molar-refractivity contribution in [1.29, 1.82) is 5.41 Å². The maximum Gasteiger partial charge on any atom is 0.145 e. The molecule has 6 heteroatoms. The third kappa shape index (κ3) is 2.31. The Morgan fingerprint density at radius 1 is 1.17 bits per heavy atom. The summed E-state index contributed by atoms with van der Waals surface area (Å²) in [5.74, 6) is 0.903. The van der Waals surface area contributed by atoms with E-state index in [1.807, 2.05) is 48.5 Å². The van der Waals surface area contributed by atoms with Gasteiger partial charge in [0.25, 0.3) is 0 Å². The van der Waals surface area contributed by atoms with Crippen molar-refractivity contribution in [1.82, 2.24) is 9.97 Å². The molecule has 23 heavy (non-hydrogen) atoms. The second-order valence-corrected chi connectivity index (χ2v) is 6.25. The fraction of sp³-hybridized carbons (Fsp3) is 0.0588. The van der Waals surface area contributed by atoms with Gasteiger partial charge in [0.1, 0.15) is 17.4 Å². The number of para-hydroxylation sites is 2. The minimum atomic E-state index is 0.147. The van der Waals surface area contributed by atoms with Crippen LogP contribution in [0.4, 0.5) is 5.69 Å². The molecule has 4 rings (SSSR count). The van der Waals surface area contributed by atoms with Crippen molar-refractivity contribution in [2.24, 2.45) is 0 Å². The van der Waals surface area contributed by atoms with Crippen LogP contribution in [-0.4, -0.2) is 27.5 Å². The number of hydrogen-bond donors (Lipinski definition) is 3. The SMILES string of the molecule is N=C1C(c2nc3ccccc3[nH]2)=C(O)CN1c1cccc(Br)c1. The maximum atomic E-state index is 10.4. The highest BCUT2D eigenvalue weighted by Gasteiger charge is 2.31. The van der Waals surface area contributed by atoms with E-state index in [0.717, 1.165) is 21.2 Å². The summed E-state index contributed by atoms with van der Waals surface area (Å²) in [6.07, 6.45) is 0. The molecule has 114 valence electrons. The number of aliphatic hydroxyl groups is 1. The van der Waals surface area contributed by atoms with Crippen LogP contribution in [0, 0.1) is 5.41 Å². The molecule has 0 aliphatic carbocycles. The number of hydrogen-bond acceptors (Lipinski definition) is 3. The molecular weight excluding hydrogens is 356 g/mol. The molecule has 3 N–H and O–H groups in total. The summed E-state index contributed by atoms with van der Waals surface area (Å²) < 4.78 is 0.930. The van der Waals surface area contributed by atoms with Gasteiger partial charge in [-0.1, -0.05) is 34.1 Å². The van der Waals surface area contributed by atoms with Crippen LogP contribution in [0.15, 0.2) is 58.8 Å². The lowest BCUT2D eigenvalue weighted by Gasteiger charge is -2.18. The average Bonchev–Trinajstić information content (AvgIpc) is 3.07. The first-order chi connectivity index (χ1) is 11.1. The Morgan fingerprint density at radius 2 is 2.00 bits per heavy atom. The van der Waals surface area contributed by atoms with Crippen molar-refractivity contribution in [2.45, 2.75) is 0 Å². The first-order valence-corrected chi connectivity index (χ1v) is 7.92. The highest BCUT2D eigenvalue weighted by atomic mass is 79.9. The van der Waals surface area contributed by atoms with Gasteiger partial charge in [0.05, 0.1) is 23.2 Å². The number of nitrogens with zero attached hydrogens (tertiary/aromatic N) is 2. The number of anilines is 1. The number of aliphatic hydroxyl groups excluding tert-OH is 1. The van der Waals surface area contributed by atoms with E-state index < -0.39 is 0 Å². The van der Waals surface area contributed by atoms with Gasteiger partial charge in [0.15, 0.2) is 0 Å². The molecule has 0 atom stereocenters. The van der Waals surface area contributed by atoms with E-state index in [0.29, 0.717) is 11.4 Å². The molecule has 0 unspecified atom stereocenters. The molecule has 0 radical (unpaired) electrons. The molecule has 0 saturated carbocycles. The number of aromatic amines is 1. The zero-order valence-electron chi connectivity index (χ0n) is 12.0. The van der Waals surface area contributed by atoms with Crippen molar-refractivity contribution >= 4 is 44.1 Å². The van der Waals surface area contributed by atoms with Gasteiger partial charge in [0, 0.05) is 10.2 Å². The van der Waals surface area contributed by atoms with E-state index in [4.69, 9.17) is 5.41 Å². The zero-order chi connectivity index (χ0) is 16.0. The Hall–Kier alpha value is -2.60. The summed E-state index contributed by atoms with van der Waals surface area (Å²) in [5, 5.41) is 18.8. The fourth-order valence-corrected chi connectivity index (χ4v) is 3.15. The number of amidine groups is 1. The summed E-state index contributed by atoms with van der Waals surface area (Å²) in [6, 6.07) is 15.3. The van der Waals surface area contributed by atoms with Gasteiger partial charge in [-0.3, -0.25) is 5.41 Å². The predicted molar refractivity (Wildman–Crippen MR) is 94.9 cm³/mol. The molecule has 1 aliphatic rings. The van der Waals surface area contributed by atoms with E-state index >= 15 is 0 Å². The number of aromatic nitrogens is 2. The van der Waals surface area contributed by atoms with E-state index in [1.165, 1.54) is 0 Å². The minimum absolute atomic E-state index is 0.147. The molecule has 2 heterocycles. The van der Waals surface area contributed by atoms with Gasteiger partial charge in [-0.15, -0.1) is 0 Å². The number of imidazole rings is 1. The Kier molecular flexibility index (Phi) is 3.20. The molecule has 0 bridgehead atoms. The van der Waals surface area contributed by atoms with E-state index in [9.17, 15) is 5.11 Å². The lowest BCUT2D eigenvalue weighted by molar-refractivity contribution is 0.411. The molecule has 0 saturated heterocycles. The van der Waals surface area contributed by atoms with Gasteiger partial charge in [-0.25, -0.2) is 4.98 Å². The van der Waals surface area contributed by atoms with Gasteiger partial charge >= 0.3 is 0 Å². The molecule has 2 aromatic carbocycles. The van der Waals surface area contributed by atoms with Gasteiger partial charge in [-0.05, 0) is 30.3 Å². The number of halogens is 1. The van der Waals surface area contributed by atoms with Crippen molar-refractivity contribution in [3.05, 3.63) is 64.6 Å². The summed E-state index contributed by atoms with van der Waals surface area (Å²) in [7, 11) is 0. The number of fused-ring (bicyclic) bond motifs is 1. The normalized spacial score (nSPS) is 15.0. The lowest BCUT2D eigenvalue weighted by Crippen LogP contribution is -2.26. The van der Waals surface area contributed by atoms with Crippen molar-refractivity contribution < 1.29 is 5.11 Å². The quantitative estimate of drug-likeness (QED) is 0.637. The van der Waals surface area contributed by atoms with Crippen LogP contribution in [0.25, 0.3) is 16.6 Å². The third-order valence-corrected chi connectivity index (χ3v) is 4.34. The number of rotatable bonds is 2. The number of benzene rings is 2. The van der Waals surface area contributed by atoms with Gasteiger partial charge in [-0.2, -0.15) is 0 Å². The van der Waals surface area contributed by atoms with Crippen LogP contribution < -0.4 is 4.90 Å². The van der Waals surface area contributed by atoms with Gasteiger partial charge < -0.3 is 15.0 Å². The topological polar surface area (TPSA) is 76.0 Å². The largest absolute Gasteiger partial charge is 0.509 e. The van der Waals surface area contributed by atoms with Crippen LogP contribution in [-0.2, 0) is 0 Å². The number of H-pyrrole nitrogens is 1. The van der Waals surface area contributed by atoms with Crippen molar-refractivity contribution in [2.75, 3.05) is 11.4 Å². The monoisotopic (exact) mass is 368 g/mol. The first kappa shape index (κ1) is 14.0. The number of nitrogens with one attached hydrogen (secondary N) is 2. The minimum Gasteiger partial charge on any atom is -0.509 e. The standard InChI is InChI=1S/C17H13BrN4O/c18-10-4-3-5-11(8-10)22-9-14(23)15(16(22)19)17-20-12-6-1-2-7-13(12)21-17/h1-8,19,23H,9H2,(H,20,21). The molecule has 1 aromatic heterocycles. The van der Waals surface area contributed by atoms with Crippen LogP contribution in [0.5, 0.6) is 0 Å². The zero-order valence-corrected chi connectivity index (χ0v) is 13.6. The van der Waals surface area contributed by atoms with Crippen LogP contribution >= 0.6 is 15.9 Å². The molecule has 5 nitrogen and oxygen atoms in total. The molecule has 0 fully saturated rings. The molecule has 3 aromatic rings. The van der Waals surface area contributed by atoms with E-state index in [1.54, 1.807) is 4.90 Å². The van der Waals surface area contributed by atoms with Crippen molar-refractivity contribution in [3.8, 4) is 0 Å². The molecular formula is C17H13BrN4O. The second-order valence-electron chi connectivity index (χ2n) is 5.34. The summed E-state index contributed by atoms with van der Waals surface area (Å²) in [4.78, 5) is 9.42. The predicted octanol–water partition coefficient (Wildman–Crippen LogP) is 4.09. The van der Waals surface area contributed by atoms with E-state index in [2.05, 4.69) is 25.9 Å². The highest BCUT2D eigenvalue weighted by molar-refractivity contribution is 9.10. The summed E-state index contributed by atoms with van der Waals surface area (Å²) >= 11 is 3.44. The smallest absolute Gasteiger partial charge is 0.145 e. The van der Waals surface area contributed by atoms with Crippen LogP contribution in [0.3, 0.4) is 0 Å². The van der Waals surface area contributed by atoms with Crippen LogP contribution in [0.2, 0.25) is 0 Å². The summed E-state index contributed by atoms with van der Waals surface area (Å²) in [6.45, 7) is 0.266. The van der Waals surface area contributed by atoms with E-state index in [-0.39, 0.29) is 18.1 Å². The fourth-order valence-electron chi connectivity index (χ4n) is 2.76. The summed E-state index contributed by atoms with van der Waals surface area (Å²) in [5.41, 5.74) is 3.00. The Balaban J connectivity index is 1.74. The Morgan fingerprint density at radius 3 is 2.78 bits per heavy atom. The lowest BCUT2D eigenvalue weighted by atomic mass is 10.2. The maximum absolute atomic E-state index is 10.4. The van der Waals surface area contributed by atoms with Crippen molar-refractivity contribution in [3.63, 3.8) is 0 Å². The average molecular weight is 369 g/mol. The molecule has 1 aliphatic heterocycles. The molecule has 0 amide bonds. The Bertz CT molecular complexity index is 927. The second kappa shape index (κ2) is 5.24. The van der Waals surface area contributed by atoms with Gasteiger partial charge in [0.2, 0.25) is 0 Å². The third-order valence-electron chi connectivity index (χ3n) is 3.85. The highest BCUT2D eigenvalue weighted by Crippen LogP contribution is 2.31. The molecule has 0 spiro atoms.